The second kappa shape index (κ2) is 7.03. The van der Waals surface area contributed by atoms with Crippen LogP contribution < -0.4 is 0 Å². The van der Waals surface area contributed by atoms with Gasteiger partial charge in [0.15, 0.2) is 0 Å². The zero-order valence-electron chi connectivity index (χ0n) is 14.0. The summed E-state index contributed by atoms with van der Waals surface area (Å²) in [5.74, 6) is -0.320. The molecule has 1 N–H and O–H groups in total. The van der Waals surface area contributed by atoms with Gasteiger partial charge in [0, 0.05) is 23.0 Å². The quantitative estimate of drug-likeness (QED) is 0.899. The summed E-state index contributed by atoms with van der Waals surface area (Å²) in [6.07, 6.45) is 1.84. The standard InChI is InChI=1S/C19H22FNO2S/c1-12-9-14(10-13(2)18(12)20)19(23)21-7-3-5-15(21)11-16(22)17-6-4-8-24-17/h4,6,8-10,15-16,22H,3,5,7,11H2,1-2H3. The first kappa shape index (κ1) is 17.1. The van der Waals surface area contributed by atoms with Gasteiger partial charge in [0.1, 0.15) is 5.82 Å². The Bertz CT molecular complexity index is 706. The molecule has 1 saturated heterocycles. The molecule has 2 aromatic rings. The average Bonchev–Trinajstić information content (AvgIpc) is 3.22. The number of hydrogen-bond donors (Lipinski definition) is 1. The van der Waals surface area contributed by atoms with Crippen molar-refractivity contribution in [2.75, 3.05) is 6.54 Å². The molecule has 0 aliphatic carbocycles. The SMILES string of the molecule is Cc1cc(C(=O)N2CCCC2CC(O)c2cccs2)cc(C)c1F. The van der Waals surface area contributed by atoms with E-state index in [9.17, 15) is 14.3 Å². The van der Waals surface area contributed by atoms with Gasteiger partial charge in [0.25, 0.3) is 5.91 Å². The van der Waals surface area contributed by atoms with Crippen molar-refractivity contribution in [1.29, 1.82) is 0 Å². The molecule has 3 rings (SSSR count). The largest absolute Gasteiger partial charge is 0.387 e. The Morgan fingerprint density at radius 2 is 2.12 bits per heavy atom. The molecule has 128 valence electrons. The second-order valence-electron chi connectivity index (χ2n) is 6.49. The van der Waals surface area contributed by atoms with E-state index in [2.05, 4.69) is 0 Å². The summed E-state index contributed by atoms with van der Waals surface area (Å²) < 4.78 is 13.8. The fourth-order valence-corrected chi connectivity index (χ4v) is 4.16. The lowest BCUT2D eigenvalue weighted by Gasteiger charge is -2.26. The number of carbonyl (C=O) groups is 1. The minimum absolute atomic E-state index is 0.0280. The smallest absolute Gasteiger partial charge is 0.254 e. The number of likely N-dealkylation sites (tertiary alicyclic amines) is 1. The second-order valence-corrected chi connectivity index (χ2v) is 7.46. The van der Waals surface area contributed by atoms with E-state index in [-0.39, 0.29) is 17.8 Å². The summed E-state index contributed by atoms with van der Waals surface area (Å²) in [7, 11) is 0. The molecule has 1 fully saturated rings. The van der Waals surface area contributed by atoms with Crippen LogP contribution in [0.5, 0.6) is 0 Å². The first-order valence-corrected chi connectivity index (χ1v) is 9.14. The Morgan fingerprint density at radius 3 is 2.75 bits per heavy atom. The summed E-state index contributed by atoms with van der Waals surface area (Å²) in [5.41, 5.74) is 1.52. The van der Waals surface area contributed by atoms with E-state index in [4.69, 9.17) is 0 Å². The molecule has 3 nitrogen and oxygen atoms in total. The third-order valence-electron chi connectivity index (χ3n) is 4.69. The van der Waals surface area contributed by atoms with Crippen molar-refractivity contribution in [1.82, 2.24) is 4.90 Å². The van der Waals surface area contributed by atoms with Gasteiger partial charge in [0.05, 0.1) is 6.10 Å². The van der Waals surface area contributed by atoms with E-state index in [1.54, 1.807) is 26.0 Å². The number of carbonyl (C=O) groups excluding carboxylic acids is 1. The van der Waals surface area contributed by atoms with Crippen LogP contribution in [0.2, 0.25) is 0 Å². The van der Waals surface area contributed by atoms with Crippen LogP contribution in [-0.4, -0.2) is 28.5 Å². The predicted octanol–water partition coefficient (Wildman–Crippen LogP) is 4.23. The van der Waals surface area contributed by atoms with Crippen molar-refractivity contribution >= 4 is 17.2 Å². The van der Waals surface area contributed by atoms with E-state index >= 15 is 0 Å². The molecule has 1 aliphatic heterocycles. The molecule has 1 aliphatic rings. The van der Waals surface area contributed by atoms with Crippen LogP contribution in [0, 0.1) is 19.7 Å². The molecule has 0 radical (unpaired) electrons. The van der Waals surface area contributed by atoms with Gasteiger partial charge in [-0.1, -0.05) is 6.07 Å². The average molecular weight is 347 g/mol. The third-order valence-corrected chi connectivity index (χ3v) is 5.66. The highest BCUT2D eigenvalue weighted by molar-refractivity contribution is 7.10. The van der Waals surface area contributed by atoms with Gasteiger partial charge in [-0.25, -0.2) is 4.39 Å². The number of aliphatic hydroxyl groups excluding tert-OH is 1. The number of aliphatic hydroxyl groups is 1. The van der Waals surface area contributed by atoms with Crippen molar-refractivity contribution in [2.45, 2.75) is 45.3 Å². The molecule has 1 amide bonds. The lowest BCUT2D eigenvalue weighted by Crippen LogP contribution is -2.36. The van der Waals surface area contributed by atoms with Gasteiger partial charge in [0.2, 0.25) is 0 Å². The topological polar surface area (TPSA) is 40.5 Å². The minimum atomic E-state index is -0.542. The lowest BCUT2D eigenvalue weighted by atomic mass is 10.0. The lowest BCUT2D eigenvalue weighted by molar-refractivity contribution is 0.0670. The first-order chi connectivity index (χ1) is 11.5. The maximum Gasteiger partial charge on any atom is 0.254 e. The monoisotopic (exact) mass is 347 g/mol. The summed E-state index contributed by atoms with van der Waals surface area (Å²) in [5, 5.41) is 12.3. The van der Waals surface area contributed by atoms with Crippen LogP contribution in [0.1, 0.15) is 51.7 Å². The number of nitrogens with zero attached hydrogens (tertiary/aromatic N) is 1. The third kappa shape index (κ3) is 3.37. The molecule has 2 atom stereocenters. The fourth-order valence-electron chi connectivity index (χ4n) is 3.44. The molecule has 2 unspecified atom stereocenters. The fraction of sp³-hybridized carbons (Fsp3) is 0.421. The van der Waals surface area contributed by atoms with Crippen LogP contribution in [-0.2, 0) is 0 Å². The molecule has 24 heavy (non-hydrogen) atoms. The predicted molar refractivity (Wildman–Crippen MR) is 93.8 cm³/mol. The number of halogens is 1. The Balaban J connectivity index is 1.76. The van der Waals surface area contributed by atoms with Gasteiger partial charge in [-0.05, 0) is 67.8 Å². The number of rotatable bonds is 4. The maximum absolute atomic E-state index is 13.8. The zero-order valence-corrected chi connectivity index (χ0v) is 14.8. The Labute approximate surface area is 145 Å². The summed E-state index contributed by atoms with van der Waals surface area (Å²) in [4.78, 5) is 15.6. The molecular weight excluding hydrogens is 325 g/mol. The Hall–Kier alpha value is -1.72. The number of thiophene rings is 1. The number of benzene rings is 1. The summed E-state index contributed by atoms with van der Waals surface area (Å²) in [6, 6.07) is 7.11. The maximum atomic E-state index is 13.8. The van der Waals surface area contributed by atoms with Crippen LogP contribution in [0.15, 0.2) is 29.6 Å². The first-order valence-electron chi connectivity index (χ1n) is 8.26. The van der Waals surface area contributed by atoms with Gasteiger partial charge in [-0.3, -0.25) is 4.79 Å². The molecule has 5 heteroatoms. The summed E-state index contributed by atoms with van der Waals surface area (Å²) >= 11 is 1.53. The molecule has 0 bridgehead atoms. The van der Waals surface area contributed by atoms with Gasteiger partial charge >= 0.3 is 0 Å². The highest BCUT2D eigenvalue weighted by Gasteiger charge is 2.31. The van der Waals surface area contributed by atoms with Crippen molar-refractivity contribution in [3.8, 4) is 0 Å². The van der Waals surface area contributed by atoms with Crippen LogP contribution >= 0.6 is 11.3 Å². The molecular formula is C19H22FNO2S. The van der Waals surface area contributed by atoms with Crippen molar-refractivity contribution in [3.05, 3.63) is 57.0 Å². The van der Waals surface area contributed by atoms with Crippen molar-refractivity contribution in [2.24, 2.45) is 0 Å². The van der Waals surface area contributed by atoms with Crippen molar-refractivity contribution in [3.63, 3.8) is 0 Å². The molecule has 0 saturated carbocycles. The van der Waals surface area contributed by atoms with Gasteiger partial charge < -0.3 is 10.0 Å². The van der Waals surface area contributed by atoms with E-state index in [0.29, 0.717) is 29.7 Å². The van der Waals surface area contributed by atoms with Crippen LogP contribution in [0.3, 0.4) is 0 Å². The van der Waals surface area contributed by atoms with E-state index in [1.807, 2.05) is 22.4 Å². The van der Waals surface area contributed by atoms with Gasteiger partial charge in [-0.15, -0.1) is 11.3 Å². The zero-order chi connectivity index (χ0) is 17.3. The van der Waals surface area contributed by atoms with Crippen LogP contribution in [0.4, 0.5) is 4.39 Å². The molecule has 0 spiro atoms. The minimum Gasteiger partial charge on any atom is -0.387 e. The highest BCUT2D eigenvalue weighted by atomic mass is 32.1. The highest BCUT2D eigenvalue weighted by Crippen LogP contribution is 2.30. The summed E-state index contributed by atoms with van der Waals surface area (Å²) in [6.45, 7) is 4.05. The molecule has 1 aromatic heterocycles. The van der Waals surface area contributed by atoms with Crippen molar-refractivity contribution < 1.29 is 14.3 Å². The Kier molecular flexibility index (Phi) is 5.01. The number of hydrogen-bond acceptors (Lipinski definition) is 3. The molecule has 1 aromatic carbocycles. The normalized spacial score (nSPS) is 18.8. The van der Waals surface area contributed by atoms with E-state index < -0.39 is 6.10 Å². The van der Waals surface area contributed by atoms with Crippen LogP contribution in [0.25, 0.3) is 0 Å². The number of aryl methyl sites for hydroxylation is 2. The van der Waals surface area contributed by atoms with Gasteiger partial charge in [-0.2, -0.15) is 0 Å². The Morgan fingerprint density at radius 1 is 1.42 bits per heavy atom. The van der Waals surface area contributed by atoms with E-state index in [0.717, 1.165) is 17.7 Å². The van der Waals surface area contributed by atoms with E-state index in [1.165, 1.54) is 11.3 Å². The molecule has 2 heterocycles. The number of amides is 1.